The molecule has 0 bridgehead atoms. The van der Waals surface area contributed by atoms with Gasteiger partial charge in [-0.05, 0) is 38.7 Å². The number of amides is 1. The summed E-state index contributed by atoms with van der Waals surface area (Å²) < 4.78 is 13.9. The summed E-state index contributed by atoms with van der Waals surface area (Å²) >= 11 is 0. The van der Waals surface area contributed by atoms with E-state index in [1.807, 2.05) is 36.9 Å². The summed E-state index contributed by atoms with van der Waals surface area (Å²) in [6, 6.07) is 5.19. The van der Waals surface area contributed by atoms with E-state index in [1.165, 1.54) is 6.07 Å². The third-order valence-electron chi connectivity index (χ3n) is 4.37. The van der Waals surface area contributed by atoms with E-state index in [2.05, 4.69) is 10.2 Å². The Morgan fingerprint density at radius 2 is 1.88 bits per heavy atom. The van der Waals surface area contributed by atoms with Gasteiger partial charge in [0.2, 0.25) is 5.91 Å². The van der Waals surface area contributed by atoms with Crippen LogP contribution in [0, 0.1) is 5.82 Å². The number of nitrogens with one attached hydrogen (secondary N) is 1. The predicted octanol–water partition coefficient (Wildman–Crippen LogP) is 1.52. The number of rotatable bonds is 5. The van der Waals surface area contributed by atoms with E-state index >= 15 is 0 Å². The first-order valence-electron chi connectivity index (χ1n) is 9.11. The van der Waals surface area contributed by atoms with Gasteiger partial charge in [0.25, 0.3) is 0 Å². The molecule has 0 saturated carbocycles. The summed E-state index contributed by atoms with van der Waals surface area (Å²) in [4.78, 5) is 22.2. The lowest BCUT2D eigenvalue weighted by Crippen LogP contribution is -2.53. The third-order valence-corrected chi connectivity index (χ3v) is 4.37. The van der Waals surface area contributed by atoms with E-state index in [4.69, 9.17) is 4.99 Å². The second kappa shape index (κ2) is 9.52. The van der Waals surface area contributed by atoms with Crippen molar-refractivity contribution in [2.24, 2.45) is 4.99 Å². The number of hydrogen-bond donors (Lipinski definition) is 1. The third kappa shape index (κ3) is 5.69. The summed E-state index contributed by atoms with van der Waals surface area (Å²) in [6.45, 7) is 8.44. The molecule has 2 rings (SSSR count). The number of piperazine rings is 1. The molecule has 1 aromatic carbocycles. The van der Waals surface area contributed by atoms with Crippen LogP contribution in [0.3, 0.4) is 0 Å². The van der Waals surface area contributed by atoms with Gasteiger partial charge in [0, 0.05) is 51.8 Å². The normalized spacial score (nSPS) is 15.5. The molecule has 0 aromatic heterocycles. The molecule has 1 aliphatic heterocycles. The van der Waals surface area contributed by atoms with Gasteiger partial charge >= 0.3 is 0 Å². The Morgan fingerprint density at radius 3 is 2.46 bits per heavy atom. The highest BCUT2D eigenvalue weighted by Gasteiger charge is 2.20. The van der Waals surface area contributed by atoms with E-state index < -0.39 is 0 Å². The van der Waals surface area contributed by atoms with Gasteiger partial charge in [0.05, 0.1) is 6.54 Å². The number of guanidine groups is 1. The van der Waals surface area contributed by atoms with Crippen molar-refractivity contribution in [2.45, 2.75) is 26.9 Å². The number of carbonyl (C=O) groups is 1. The van der Waals surface area contributed by atoms with Crippen LogP contribution in [0.5, 0.6) is 0 Å². The van der Waals surface area contributed by atoms with Crippen molar-refractivity contribution in [1.29, 1.82) is 0 Å². The van der Waals surface area contributed by atoms with E-state index in [9.17, 15) is 9.18 Å². The van der Waals surface area contributed by atoms with Crippen molar-refractivity contribution in [2.75, 3.05) is 46.8 Å². The average Bonchev–Trinajstić information content (AvgIpc) is 2.61. The van der Waals surface area contributed by atoms with Gasteiger partial charge < -0.3 is 20.0 Å². The lowest BCUT2D eigenvalue weighted by molar-refractivity contribution is -0.130. The minimum atomic E-state index is -0.182. The lowest BCUT2D eigenvalue weighted by Gasteiger charge is -2.36. The molecule has 1 amide bonds. The molecule has 144 valence electrons. The van der Waals surface area contributed by atoms with Crippen LogP contribution in [-0.4, -0.2) is 73.4 Å². The quantitative estimate of drug-likeness (QED) is 0.637. The summed E-state index contributed by atoms with van der Waals surface area (Å²) in [5.74, 6) is 0.777. The number of aliphatic imine (C=N–C) groups is 1. The Balaban J connectivity index is 2.06. The van der Waals surface area contributed by atoms with Crippen molar-refractivity contribution < 1.29 is 9.18 Å². The topological polar surface area (TPSA) is 51.2 Å². The van der Waals surface area contributed by atoms with Crippen molar-refractivity contribution in [3.63, 3.8) is 0 Å². The number of halogens is 1. The second-order valence-corrected chi connectivity index (χ2v) is 6.83. The van der Waals surface area contributed by atoms with Crippen LogP contribution in [0.2, 0.25) is 0 Å². The van der Waals surface area contributed by atoms with Gasteiger partial charge in [-0.2, -0.15) is 0 Å². The monoisotopic (exact) mass is 363 g/mol. The fourth-order valence-electron chi connectivity index (χ4n) is 3.01. The maximum absolute atomic E-state index is 13.9. The molecule has 0 unspecified atom stereocenters. The molecular weight excluding hydrogens is 333 g/mol. The Hall–Kier alpha value is -2.15. The SMILES string of the molecule is CCNC(=NCc1ccc(F)c(CN(C)C)c1)N1CCN(C(C)=O)CC1. The molecule has 26 heavy (non-hydrogen) atoms. The zero-order chi connectivity index (χ0) is 19.1. The minimum Gasteiger partial charge on any atom is -0.357 e. The summed E-state index contributed by atoms with van der Waals surface area (Å²) in [6.07, 6.45) is 0. The summed E-state index contributed by atoms with van der Waals surface area (Å²) in [7, 11) is 3.85. The zero-order valence-corrected chi connectivity index (χ0v) is 16.3. The minimum absolute atomic E-state index is 0.117. The molecule has 0 aliphatic carbocycles. The number of benzene rings is 1. The van der Waals surface area contributed by atoms with Gasteiger partial charge in [-0.1, -0.05) is 6.07 Å². The van der Waals surface area contributed by atoms with Crippen LogP contribution >= 0.6 is 0 Å². The number of nitrogens with zero attached hydrogens (tertiary/aromatic N) is 4. The fourth-order valence-corrected chi connectivity index (χ4v) is 3.01. The molecule has 0 atom stereocenters. The van der Waals surface area contributed by atoms with Crippen molar-refractivity contribution in [1.82, 2.24) is 20.0 Å². The molecular formula is C19H30FN5O. The Morgan fingerprint density at radius 1 is 1.23 bits per heavy atom. The van der Waals surface area contributed by atoms with Gasteiger partial charge in [-0.25, -0.2) is 9.38 Å². The molecule has 1 saturated heterocycles. The number of carbonyl (C=O) groups excluding carboxylic acids is 1. The highest BCUT2D eigenvalue weighted by molar-refractivity contribution is 5.80. The first-order chi connectivity index (χ1) is 12.4. The molecule has 0 spiro atoms. The van der Waals surface area contributed by atoms with Gasteiger partial charge in [-0.3, -0.25) is 4.79 Å². The van der Waals surface area contributed by atoms with Gasteiger partial charge in [-0.15, -0.1) is 0 Å². The molecule has 1 aliphatic rings. The molecule has 1 N–H and O–H groups in total. The fraction of sp³-hybridized carbons (Fsp3) is 0.579. The average molecular weight is 363 g/mol. The molecule has 1 fully saturated rings. The van der Waals surface area contributed by atoms with Crippen LogP contribution in [0.15, 0.2) is 23.2 Å². The number of hydrogen-bond acceptors (Lipinski definition) is 3. The highest BCUT2D eigenvalue weighted by atomic mass is 19.1. The maximum atomic E-state index is 13.9. The Labute approximate surface area is 155 Å². The summed E-state index contributed by atoms with van der Waals surface area (Å²) in [5.41, 5.74) is 1.67. The predicted molar refractivity (Wildman–Crippen MR) is 102 cm³/mol. The first kappa shape index (κ1) is 20.2. The molecule has 1 heterocycles. The Kier molecular flexibility index (Phi) is 7.38. The highest BCUT2D eigenvalue weighted by Crippen LogP contribution is 2.13. The van der Waals surface area contributed by atoms with E-state index in [1.54, 1.807) is 13.0 Å². The molecule has 7 heteroatoms. The molecule has 6 nitrogen and oxygen atoms in total. The smallest absolute Gasteiger partial charge is 0.219 e. The van der Waals surface area contributed by atoms with Crippen molar-refractivity contribution in [3.8, 4) is 0 Å². The van der Waals surface area contributed by atoms with Crippen molar-refractivity contribution in [3.05, 3.63) is 35.1 Å². The maximum Gasteiger partial charge on any atom is 0.219 e. The zero-order valence-electron chi connectivity index (χ0n) is 16.3. The van der Waals surface area contributed by atoms with Crippen molar-refractivity contribution >= 4 is 11.9 Å². The Bertz CT molecular complexity index is 639. The standard InChI is InChI=1S/C19H30FN5O/c1-5-21-19(25-10-8-24(9-11-25)15(2)26)22-13-16-6-7-18(20)17(12-16)14-23(3)4/h6-7,12H,5,8-11,13-14H2,1-4H3,(H,21,22). The first-order valence-corrected chi connectivity index (χ1v) is 9.11. The van der Waals surface area contributed by atoms with Crippen LogP contribution in [0.25, 0.3) is 0 Å². The molecule has 0 radical (unpaired) electrons. The van der Waals surface area contributed by atoms with Gasteiger partial charge in [0.15, 0.2) is 5.96 Å². The van der Waals surface area contributed by atoms with E-state index in [-0.39, 0.29) is 11.7 Å². The lowest BCUT2D eigenvalue weighted by atomic mass is 10.1. The van der Waals surface area contributed by atoms with Crippen LogP contribution < -0.4 is 5.32 Å². The van der Waals surface area contributed by atoms with Gasteiger partial charge in [0.1, 0.15) is 5.82 Å². The summed E-state index contributed by atoms with van der Waals surface area (Å²) in [5, 5.41) is 3.32. The van der Waals surface area contributed by atoms with Crippen LogP contribution in [-0.2, 0) is 17.9 Å². The largest absolute Gasteiger partial charge is 0.357 e. The molecule has 1 aromatic rings. The van der Waals surface area contributed by atoms with Crippen LogP contribution in [0.1, 0.15) is 25.0 Å². The van der Waals surface area contributed by atoms with E-state index in [0.29, 0.717) is 31.7 Å². The van der Waals surface area contributed by atoms with E-state index in [0.717, 1.165) is 31.2 Å². The van der Waals surface area contributed by atoms with Crippen LogP contribution in [0.4, 0.5) is 4.39 Å². The second-order valence-electron chi connectivity index (χ2n) is 6.83.